The van der Waals surface area contributed by atoms with Crippen molar-refractivity contribution >= 4 is 28.9 Å². The van der Waals surface area contributed by atoms with Crippen LogP contribution in [0.1, 0.15) is 49.2 Å². The summed E-state index contributed by atoms with van der Waals surface area (Å²) in [7, 11) is 0. The summed E-state index contributed by atoms with van der Waals surface area (Å²) < 4.78 is 5.61. The van der Waals surface area contributed by atoms with Gasteiger partial charge >= 0.3 is 5.97 Å². The molecule has 0 saturated heterocycles. The van der Waals surface area contributed by atoms with Gasteiger partial charge in [0.05, 0.1) is 28.8 Å². The smallest absolute Gasteiger partial charge is 0.340 e. The summed E-state index contributed by atoms with van der Waals surface area (Å²) >= 11 is 6.33. The molecule has 4 nitrogen and oxygen atoms in total. The number of esters is 1. The molecular formula is C25H27ClN2O2. The Kier molecular flexibility index (Phi) is 6.47. The van der Waals surface area contributed by atoms with Gasteiger partial charge in [0.15, 0.2) is 0 Å². The van der Waals surface area contributed by atoms with E-state index >= 15 is 0 Å². The molecule has 1 heterocycles. The lowest BCUT2D eigenvalue weighted by Crippen LogP contribution is -2.24. The van der Waals surface area contributed by atoms with Gasteiger partial charge in [0, 0.05) is 10.6 Å². The number of nitrogens with zero attached hydrogens (tertiary/aromatic N) is 1. The van der Waals surface area contributed by atoms with Crippen molar-refractivity contribution in [1.29, 1.82) is 0 Å². The minimum Gasteiger partial charge on any atom is -0.456 e. The summed E-state index contributed by atoms with van der Waals surface area (Å²) in [6.07, 6.45) is 2.58. The number of nitrogens with one attached hydrogen (secondary N) is 1. The second-order valence-electron chi connectivity index (χ2n) is 8.23. The highest BCUT2D eigenvalue weighted by Gasteiger charge is 2.21. The van der Waals surface area contributed by atoms with E-state index in [1.54, 1.807) is 6.20 Å². The molecule has 1 N–H and O–H groups in total. The van der Waals surface area contributed by atoms with Crippen LogP contribution in [0.4, 0.5) is 11.4 Å². The number of ether oxygens (including phenoxy) is 1. The van der Waals surface area contributed by atoms with E-state index in [1.165, 1.54) is 0 Å². The molecule has 0 aliphatic carbocycles. The highest BCUT2D eigenvalue weighted by atomic mass is 35.5. The molecule has 0 fully saturated rings. The first kappa shape index (κ1) is 21.8. The number of carbonyl (C=O) groups excluding carboxylic acids is 1. The number of carbonyl (C=O) groups is 1. The third kappa shape index (κ3) is 5.19. The van der Waals surface area contributed by atoms with Crippen LogP contribution >= 0.6 is 11.6 Å². The van der Waals surface area contributed by atoms with Crippen molar-refractivity contribution in [2.24, 2.45) is 0 Å². The van der Waals surface area contributed by atoms with Crippen molar-refractivity contribution in [3.05, 3.63) is 76.4 Å². The first-order chi connectivity index (χ1) is 14.2. The van der Waals surface area contributed by atoms with Crippen LogP contribution in [-0.2, 0) is 11.2 Å². The van der Waals surface area contributed by atoms with Crippen LogP contribution < -0.4 is 5.32 Å². The minimum absolute atomic E-state index is 0.349. The molecule has 0 amide bonds. The Morgan fingerprint density at radius 2 is 1.87 bits per heavy atom. The number of benzene rings is 2. The number of pyridine rings is 1. The number of hydrogen-bond acceptors (Lipinski definition) is 4. The van der Waals surface area contributed by atoms with Gasteiger partial charge in [-0.2, -0.15) is 0 Å². The SMILES string of the molecule is CCc1ccc(Nc2cnc(-c3ccccc3Cl)c(C)c2)c(C(=O)OC(C)(C)C)c1. The van der Waals surface area contributed by atoms with E-state index in [4.69, 9.17) is 16.3 Å². The van der Waals surface area contributed by atoms with Crippen LogP contribution in [-0.4, -0.2) is 16.6 Å². The largest absolute Gasteiger partial charge is 0.456 e. The van der Waals surface area contributed by atoms with E-state index in [2.05, 4.69) is 17.2 Å². The minimum atomic E-state index is -0.564. The van der Waals surface area contributed by atoms with Crippen molar-refractivity contribution in [2.45, 2.75) is 46.6 Å². The van der Waals surface area contributed by atoms with Gasteiger partial charge in [-0.3, -0.25) is 4.98 Å². The van der Waals surface area contributed by atoms with E-state index in [9.17, 15) is 4.79 Å². The Morgan fingerprint density at radius 1 is 1.13 bits per heavy atom. The van der Waals surface area contributed by atoms with Crippen molar-refractivity contribution in [2.75, 3.05) is 5.32 Å². The molecule has 0 saturated carbocycles. The molecule has 5 heteroatoms. The number of hydrogen-bond donors (Lipinski definition) is 1. The summed E-state index contributed by atoms with van der Waals surface area (Å²) in [6.45, 7) is 9.64. The molecule has 0 bridgehead atoms. The lowest BCUT2D eigenvalue weighted by Gasteiger charge is -2.21. The van der Waals surface area contributed by atoms with E-state index in [1.807, 2.05) is 76.2 Å². The third-order valence-corrected chi connectivity index (χ3v) is 4.93. The molecule has 0 unspecified atom stereocenters. The highest BCUT2D eigenvalue weighted by Crippen LogP contribution is 2.31. The monoisotopic (exact) mass is 422 g/mol. The maximum Gasteiger partial charge on any atom is 0.340 e. The highest BCUT2D eigenvalue weighted by molar-refractivity contribution is 6.33. The van der Waals surface area contributed by atoms with Crippen LogP contribution in [0, 0.1) is 6.92 Å². The van der Waals surface area contributed by atoms with E-state index in [0.717, 1.165) is 34.5 Å². The average molecular weight is 423 g/mol. The van der Waals surface area contributed by atoms with Crippen molar-refractivity contribution in [1.82, 2.24) is 4.98 Å². The fourth-order valence-electron chi connectivity index (χ4n) is 3.16. The fraction of sp³-hybridized carbons (Fsp3) is 0.280. The van der Waals surface area contributed by atoms with Crippen LogP contribution in [0.25, 0.3) is 11.3 Å². The van der Waals surface area contributed by atoms with E-state index in [-0.39, 0.29) is 5.97 Å². The molecule has 3 aromatic rings. The Bertz CT molecular complexity index is 1070. The number of rotatable bonds is 5. The quantitative estimate of drug-likeness (QED) is 0.451. The van der Waals surface area contributed by atoms with Crippen molar-refractivity contribution < 1.29 is 9.53 Å². The zero-order chi connectivity index (χ0) is 21.9. The van der Waals surface area contributed by atoms with Crippen LogP contribution in [0.5, 0.6) is 0 Å². The predicted octanol–water partition coefficient (Wildman–Crippen LogP) is 6.97. The first-order valence-electron chi connectivity index (χ1n) is 10.0. The maximum atomic E-state index is 12.8. The molecule has 30 heavy (non-hydrogen) atoms. The average Bonchev–Trinajstić information content (AvgIpc) is 2.68. The van der Waals surface area contributed by atoms with Crippen LogP contribution in [0.2, 0.25) is 5.02 Å². The van der Waals surface area contributed by atoms with Gasteiger partial charge < -0.3 is 10.1 Å². The number of anilines is 2. The first-order valence-corrected chi connectivity index (χ1v) is 10.4. The van der Waals surface area contributed by atoms with Crippen LogP contribution in [0.3, 0.4) is 0 Å². The van der Waals surface area contributed by atoms with Gasteiger partial charge in [0.1, 0.15) is 5.60 Å². The van der Waals surface area contributed by atoms with E-state index < -0.39 is 5.60 Å². The summed E-state index contributed by atoms with van der Waals surface area (Å²) in [5.41, 5.74) is 5.21. The summed E-state index contributed by atoms with van der Waals surface area (Å²) in [4.78, 5) is 17.4. The molecule has 3 rings (SSSR count). The maximum absolute atomic E-state index is 12.8. The van der Waals surface area contributed by atoms with Crippen molar-refractivity contribution in [3.63, 3.8) is 0 Å². The summed E-state index contributed by atoms with van der Waals surface area (Å²) in [5, 5.41) is 3.99. The third-order valence-electron chi connectivity index (χ3n) is 4.60. The van der Waals surface area contributed by atoms with Gasteiger partial charge in [0.2, 0.25) is 0 Å². The zero-order valence-electron chi connectivity index (χ0n) is 18.0. The van der Waals surface area contributed by atoms with Gasteiger partial charge in [-0.15, -0.1) is 0 Å². The molecular weight excluding hydrogens is 396 g/mol. The zero-order valence-corrected chi connectivity index (χ0v) is 18.8. The normalized spacial score (nSPS) is 11.3. The Hall–Kier alpha value is -2.85. The molecule has 0 radical (unpaired) electrons. The van der Waals surface area contributed by atoms with Crippen molar-refractivity contribution in [3.8, 4) is 11.3 Å². The van der Waals surface area contributed by atoms with Gasteiger partial charge in [-0.1, -0.05) is 42.8 Å². The molecule has 0 aliphatic rings. The van der Waals surface area contributed by atoms with Gasteiger partial charge in [-0.25, -0.2) is 4.79 Å². The number of aromatic nitrogens is 1. The molecule has 0 atom stereocenters. The van der Waals surface area contributed by atoms with Gasteiger partial charge in [-0.05, 0) is 69.5 Å². The predicted molar refractivity (Wildman–Crippen MR) is 124 cm³/mol. The fourth-order valence-corrected chi connectivity index (χ4v) is 3.38. The summed E-state index contributed by atoms with van der Waals surface area (Å²) in [6, 6.07) is 15.4. The lowest BCUT2D eigenvalue weighted by molar-refractivity contribution is 0.00706. The van der Waals surface area contributed by atoms with Gasteiger partial charge in [0.25, 0.3) is 0 Å². The molecule has 1 aromatic heterocycles. The van der Waals surface area contributed by atoms with E-state index in [0.29, 0.717) is 16.3 Å². The topological polar surface area (TPSA) is 51.2 Å². The Morgan fingerprint density at radius 3 is 2.50 bits per heavy atom. The standard InChI is InChI=1S/C25H27ClN2O2/c1-6-17-11-12-22(20(14-17)24(29)30-25(3,4)5)28-18-13-16(2)23(27-15-18)19-9-7-8-10-21(19)26/h7-15,28H,6H2,1-5H3. The molecule has 0 aliphatic heterocycles. The van der Waals surface area contributed by atoms with Crippen LogP contribution in [0.15, 0.2) is 54.7 Å². The molecule has 0 spiro atoms. The Balaban J connectivity index is 1.93. The Labute approximate surface area is 183 Å². The summed E-state index contributed by atoms with van der Waals surface area (Å²) in [5.74, 6) is -0.349. The number of halogens is 1. The molecule has 156 valence electrons. The molecule has 2 aromatic carbocycles. The second kappa shape index (κ2) is 8.88. The second-order valence-corrected chi connectivity index (χ2v) is 8.64. The number of aryl methyl sites for hydroxylation is 2. The lowest BCUT2D eigenvalue weighted by atomic mass is 10.0.